The molecule has 0 bridgehead atoms. The molecule has 0 aliphatic carbocycles. The van der Waals surface area contributed by atoms with Gasteiger partial charge in [-0.3, -0.25) is 0 Å². The van der Waals surface area contributed by atoms with Crippen LogP contribution in [0, 0.1) is 34.6 Å². The number of nitrogens with two attached hydrogens (primary N) is 1. The zero-order chi connectivity index (χ0) is 21.7. The van der Waals surface area contributed by atoms with Crippen molar-refractivity contribution in [1.29, 1.82) is 0 Å². The molecule has 0 aliphatic heterocycles. The molecule has 0 atom stereocenters. The van der Waals surface area contributed by atoms with Gasteiger partial charge in [0.05, 0.1) is 11.0 Å². The molecule has 1 heterocycles. The number of hydrogen-bond donors (Lipinski definition) is 1. The van der Waals surface area contributed by atoms with E-state index in [-0.39, 0.29) is 6.04 Å². The maximum absolute atomic E-state index is 6.40. The first-order valence-electron chi connectivity index (χ1n) is 10.7. The zero-order valence-electron chi connectivity index (χ0n) is 19.1. The molecule has 0 unspecified atom stereocenters. The second kappa shape index (κ2) is 7.32. The van der Waals surface area contributed by atoms with Crippen LogP contribution in [0.3, 0.4) is 0 Å². The lowest BCUT2D eigenvalue weighted by Gasteiger charge is -2.20. The number of benzene rings is 3. The van der Waals surface area contributed by atoms with Gasteiger partial charge in [-0.25, -0.2) is 4.98 Å². The molecule has 3 nitrogen and oxygen atoms in total. The van der Waals surface area contributed by atoms with E-state index in [2.05, 4.69) is 95.5 Å². The molecule has 0 fully saturated rings. The van der Waals surface area contributed by atoms with E-state index < -0.39 is 0 Å². The fourth-order valence-corrected chi connectivity index (χ4v) is 5.00. The van der Waals surface area contributed by atoms with E-state index >= 15 is 0 Å². The predicted octanol–water partition coefficient (Wildman–Crippen LogP) is 7.08. The van der Waals surface area contributed by atoms with Crippen LogP contribution in [0.2, 0.25) is 0 Å². The number of anilines is 1. The minimum absolute atomic E-state index is 0.245. The number of rotatable bonds is 3. The van der Waals surface area contributed by atoms with Crippen LogP contribution in [-0.2, 0) is 0 Å². The Bertz CT molecular complexity index is 1230. The predicted molar refractivity (Wildman–Crippen MR) is 129 cm³/mol. The molecule has 3 aromatic carbocycles. The fraction of sp³-hybridized carbons (Fsp3) is 0.296. The van der Waals surface area contributed by atoms with Crippen molar-refractivity contribution in [2.75, 3.05) is 5.73 Å². The van der Waals surface area contributed by atoms with E-state index in [0.717, 1.165) is 11.0 Å². The molecule has 4 aromatic rings. The molecule has 4 rings (SSSR count). The number of hydrogen-bond acceptors (Lipinski definition) is 2. The lowest BCUT2D eigenvalue weighted by atomic mass is 9.85. The molecule has 0 amide bonds. The summed E-state index contributed by atoms with van der Waals surface area (Å²) >= 11 is 0. The van der Waals surface area contributed by atoms with Crippen molar-refractivity contribution in [3.8, 4) is 22.3 Å². The van der Waals surface area contributed by atoms with Gasteiger partial charge in [-0.2, -0.15) is 0 Å². The Morgan fingerprint density at radius 3 is 1.93 bits per heavy atom. The molecule has 0 radical (unpaired) electrons. The van der Waals surface area contributed by atoms with Gasteiger partial charge in [0, 0.05) is 11.6 Å². The van der Waals surface area contributed by atoms with Gasteiger partial charge in [0.2, 0.25) is 5.95 Å². The summed E-state index contributed by atoms with van der Waals surface area (Å²) in [6.45, 7) is 15.2. The molecule has 0 aliphatic rings. The van der Waals surface area contributed by atoms with Crippen molar-refractivity contribution in [3.63, 3.8) is 0 Å². The number of nitrogens with zero attached hydrogens (tertiary/aromatic N) is 2. The van der Waals surface area contributed by atoms with Crippen molar-refractivity contribution in [2.24, 2.45) is 0 Å². The number of fused-ring (bicyclic) bond motifs is 1. The fourth-order valence-electron chi connectivity index (χ4n) is 5.00. The van der Waals surface area contributed by atoms with Gasteiger partial charge in [-0.1, -0.05) is 42.0 Å². The van der Waals surface area contributed by atoms with Crippen LogP contribution in [0.25, 0.3) is 33.3 Å². The van der Waals surface area contributed by atoms with Crippen LogP contribution < -0.4 is 5.73 Å². The first kappa shape index (κ1) is 20.2. The Balaban J connectivity index is 2.22. The molecule has 0 saturated heterocycles. The largest absolute Gasteiger partial charge is 0.369 e. The lowest BCUT2D eigenvalue weighted by Crippen LogP contribution is -2.05. The number of aromatic nitrogens is 2. The Labute approximate surface area is 179 Å². The first-order chi connectivity index (χ1) is 14.2. The van der Waals surface area contributed by atoms with Gasteiger partial charge in [-0.15, -0.1) is 0 Å². The highest BCUT2D eigenvalue weighted by Gasteiger charge is 2.22. The quantitative estimate of drug-likeness (QED) is 0.401. The van der Waals surface area contributed by atoms with Crippen molar-refractivity contribution in [3.05, 3.63) is 70.3 Å². The van der Waals surface area contributed by atoms with Crippen LogP contribution in [0.1, 0.15) is 47.7 Å². The Morgan fingerprint density at radius 2 is 1.37 bits per heavy atom. The van der Waals surface area contributed by atoms with Gasteiger partial charge in [0.1, 0.15) is 0 Å². The molecular formula is C27H31N3. The lowest BCUT2D eigenvalue weighted by molar-refractivity contribution is 0.627. The maximum Gasteiger partial charge on any atom is 0.201 e. The van der Waals surface area contributed by atoms with Gasteiger partial charge < -0.3 is 10.3 Å². The van der Waals surface area contributed by atoms with Crippen molar-refractivity contribution < 1.29 is 0 Å². The average molecular weight is 398 g/mol. The van der Waals surface area contributed by atoms with Crippen LogP contribution in [0.15, 0.2) is 42.5 Å². The third-order valence-corrected chi connectivity index (χ3v) is 6.08. The molecule has 30 heavy (non-hydrogen) atoms. The Morgan fingerprint density at radius 1 is 0.767 bits per heavy atom. The van der Waals surface area contributed by atoms with E-state index in [1.54, 1.807) is 0 Å². The third-order valence-electron chi connectivity index (χ3n) is 6.08. The molecule has 1 aromatic heterocycles. The number of imidazole rings is 1. The summed E-state index contributed by atoms with van der Waals surface area (Å²) in [4.78, 5) is 4.90. The smallest absolute Gasteiger partial charge is 0.201 e. The third kappa shape index (κ3) is 3.09. The van der Waals surface area contributed by atoms with E-state index in [1.807, 2.05) is 0 Å². The zero-order valence-corrected chi connectivity index (χ0v) is 19.1. The second-order valence-electron chi connectivity index (χ2n) is 8.83. The van der Waals surface area contributed by atoms with Crippen LogP contribution in [0.4, 0.5) is 5.95 Å². The monoisotopic (exact) mass is 397 g/mol. The summed E-state index contributed by atoms with van der Waals surface area (Å²) in [7, 11) is 0. The number of nitrogen functional groups attached to an aromatic ring is 1. The molecular weight excluding hydrogens is 366 g/mol. The standard InChI is InChI=1S/C27H31N3/c1-15(2)30-22-12-11-21(23-17(4)9-8-10-18(23)5)25(26(22)29-27(30)28)24-19(6)13-16(3)14-20(24)7/h8-15H,1-7H3,(H2,28,29). The van der Waals surface area contributed by atoms with E-state index in [9.17, 15) is 0 Å². The molecule has 3 heteroatoms. The SMILES string of the molecule is Cc1cc(C)c(-c2c(-c3c(C)cccc3C)ccc3c2nc(N)n3C(C)C)c(C)c1. The second-order valence-corrected chi connectivity index (χ2v) is 8.83. The maximum atomic E-state index is 6.40. The summed E-state index contributed by atoms with van der Waals surface area (Å²) in [6.07, 6.45) is 0. The first-order valence-corrected chi connectivity index (χ1v) is 10.7. The van der Waals surface area contributed by atoms with Gasteiger partial charge in [0.25, 0.3) is 0 Å². The van der Waals surface area contributed by atoms with E-state index in [0.29, 0.717) is 5.95 Å². The van der Waals surface area contributed by atoms with Crippen LogP contribution in [0.5, 0.6) is 0 Å². The average Bonchev–Trinajstić information content (AvgIpc) is 2.98. The topological polar surface area (TPSA) is 43.8 Å². The summed E-state index contributed by atoms with van der Waals surface area (Å²) in [5.74, 6) is 0.572. The molecule has 0 saturated carbocycles. The van der Waals surface area contributed by atoms with Crippen molar-refractivity contribution in [2.45, 2.75) is 54.5 Å². The molecule has 2 N–H and O–H groups in total. The molecule has 0 spiro atoms. The van der Waals surface area contributed by atoms with Crippen molar-refractivity contribution >= 4 is 17.0 Å². The molecule has 154 valence electrons. The Kier molecular flexibility index (Phi) is 4.93. The van der Waals surface area contributed by atoms with Gasteiger partial charge in [-0.05, 0) is 93.5 Å². The Hall–Kier alpha value is -3.07. The van der Waals surface area contributed by atoms with E-state index in [4.69, 9.17) is 10.7 Å². The van der Waals surface area contributed by atoms with Crippen LogP contribution in [-0.4, -0.2) is 9.55 Å². The minimum Gasteiger partial charge on any atom is -0.369 e. The minimum atomic E-state index is 0.245. The highest BCUT2D eigenvalue weighted by Crippen LogP contribution is 2.43. The van der Waals surface area contributed by atoms with Gasteiger partial charge in [0.15, 0.2) is 0 Å². The normalized spacial score (nSPS) is 11.6. The van der Waals surface area contributed by atoms with E-state index in [1.165, 1.54) is 50.1 Å². The number of aryl methyl sites for hydroxylation is 5. The highest BCUT2D eigenvalue weighted by molar-refractivity contribution is 6.04. The summed E-state index contributed by atoms with van der Waals surface area (Å²) in [5, 5.41) is 0. The summed E-state index contributed by atoms with van der Waals surface area (Å²) in [5.41, 5.74) is 19.8. The summed E-state index contributed by atoms with van der Waals surface area (Å²) < 4.78 is 2.13. The van der Waals surface area contributed by atoms with Crippen molar-refractivity contribution in [1.82, 2.24) is 9.55 Å². The van der Waals surface area contributed by atoms with Gasteiger partial charge >= 0.3 is 0 Å². The summed E-state index contributed by atoms with van der Waals surface area (Å²) in [6, 6.07) is 15.7. The van der Waals surface area contributed by atoms with Crippen LogP contribution >= 0.6 is 0 Å². The highest BCUT2D eigenvalue weighted by atomic mass is 15.2.